The third-order valence-corrected chi connectivity index (χ3v) is 2.32. The van der Waals surface area contributed by atoms with E-state index in [0.717, 1.165) is 5.39 Å². The highest BCUT2D eigenvalue weighted by Crippen LogP contribution is 2.16. The zero-order valence-electron chi connectivity index (χ0n) is 8.51. The molecule has 78 valence electrons. The second kappa shape index (κ2) is 4.06. The van der Waals surface area contributed by atoms with Crippen LogP contribution in [0.2, 0.25) is 0 Å². The van der Waals surface area contributed by atoms with E-state index in [1.807, 2.05) is 18.2 Å². The van der Waals surface area contributed by atoms with Gasteiger partial charge in [-0.15, -0.1) is 0 Å². The Kier molecular flexibility index (Phi) is 2.60. The number of hydrogen-bond donors (Lipinski definition) is 0. The number of aldehydes is 1. The summed E-state index contributed by atoms with van der Waals surface area (Å²) in [7, 11) is 0. The molecular weight excluding hydrogens is 202 g/mol. The number of hydrogen-bond acceptors (Lipinski definition) is 3. The van der Waals surface area contributed by atoms with Crippen LogP contribution in [0.25, 0.3) is 10.9 Å². The van der Waals surface area contributed by atoms with Gasteiger partial charge < -0.3 is 0 Å². The van der Waals surface area contributed by atoms with E-state index in [9.17, 15) is 9.59 Å². The van der Waals surface area contributed by atoms with E-state index >= 15 is 0 Å². The van der Waals surface area contributed by atoms with Crippen molar-refractivity contribution in [1.82, 2.24) is 4.98 Å². The first kappa shape index (κ1) is 10.2. The Bertz CT molecular complexity index is 588. The van der Waals surface area contributed by atoms with Gasteiger partial charge >= 0.3 is 0 Å². The molecule has 0 aliphatic heterocycles. The van der Waals surface area contributed by atoms with Crippen molar-refractivity contribution in [1.29, 1.82) is 0 Å². The van der Waals surface area contributed by atoms with Gasteiger partial charge in [-0.05, 0) is 18.2 Å². The average Bonchev–Trinajstić information content (AvgIpc) is 2.36. The topological polar surface area (TPSA) is 47.0 Å². The van der Waals surface area contributed by atoms with Crippen molar-refractivity contribution in [3.05, 3.63) is 54.2 Å². The summed E-state index contributed by atoms with van der Waals surface area (Å²) < 4.78 is 0. The van der Waals surface area contributed by atoms with Gasteiger partial charge in [-0.3, -0.25) is 9.59 Å². The molecule has 1 aromatic carbocycles. The minimum Gasteiger partial charge on any atom is -0.296 e. The highest BCUT2D eigenvalue weighted by Gasteiger charge is 2.10. The summed E-state index contributed by atoms with van der Waals surface area (Å²) in [4.78, 5) is 26.5. The van der Waals surface area contributed by atoms with E-state index in [-0.39, 0.29) is 11.5 Å². The van der Waals surface area contributed by atoms with Crippen molar-refractivity contribution in [2.24, 2.45) is 0 Å². The Morgan fingerprint density at radius 2 is 2.06 bits per heavy atom. The molecule has 0 amide bonds. The Hall–Kier alpha value is -2.29. The summed E-state index contributed by atoms with van der Waals surface area (Å²) in [6, 6.07) is 8.99. The van der Waals surface area contributed by atoms with E-state index < -0.39 is 0 Å². The highest BCUT2D eigenvalue weighted by atomic mass is 16.1. The minimum absolute atomic E-state index is 0.156. The van der Waals surface area contributed by atoms with Crippen molar-refractivity contribution in [2.75, 3.05) is 0 Å². The van der Waals surface area contributed by atoms with Gasteiger partial charge in [-0.2, -0.15) is 0 Å². The lowest BCUT2D eigenvalue weighted by Gasteiger charge is -2.03. The van der Waals surface area contributed by atoms with Crippen LogP contribution >= 0.6 is 0 Å². The van der Waals surface area contributed by atoms with Gasteiger partial charge in [0, 0.05) is 5.39 Å². The Morgan fingerprint density at radius 3 is 2.75 bits per heavy atom. The van der Waals surface area contributed by atoms with Gasteiger partial charge in [0.05, 0.1) is 11.1 Å². The van der Waals surface area contributed by atoms with Crippen LogP contribution in [0.4, 0.5) is 0 Å². The van der Waals surface area contributed by atoms with Gasteiger partial charge in [0.25, 0.3) is 0 Å². The number of ketones is 1. The Balaban J connectivity index is 2.76. The van der Waals surface area contributed by atoms with Gasteiger partial charge in [-0.1, -0.05) is 24.8 Å². The molecule has 0 saturated carbocycles. The highest BCUT2D eigenvalue weighted by molar-refractivity contribution is 6.10. The third-order valence-electron chi connectivity index (χ3n) is 2.32. The van der Waals surface area contributed by atoms with E-state index in [1.165, 1.54) is 6.08 Å². The summed E-state index contributed by atoms with van der Waals surface area (Å²) in [5, 5.41) is 0.832. The molecule has 0 aliphatic carbocycles. The van der Waals surface area contributed by atoms with Gasteiger partial charge in [0.2, 0.25) is 0 Å². The number of benzene rings is 1. The summed E-state index contributed by atoms with van der Waals surface area (Å²) in [5.41, 5.74) is 1.15. The zero-order valence-corrected chi connectivity index (χ0v) is 8.51. The third kappa shape index (κ3) is 1.63. The molecule has 0 aliphatic rings. The van der Waals surface area contributed by atoms with Gasteiger partial charge in [0.15, 0.2) is 12.1 Å². The number of nitrogens with zero attached hydrogens (tertiary/aromatic N) is 1. The van der Waals surface area contributed by atoms with Crippen LogP contribution in [0.5, 0.6) is 0 Å². The summed E-state index contributed by atoms with van der Waals surface area (Å²) in [5.74, 6) is -0.291. The van der Waals surface area contributed by atoms with Crippen molar-refractivity contribution in [3.8, 4) is 0 Å². The number of aromatic nitrogens is 1. The minimum atomic E-state index is -0.291. The standard InChI is InChI=1S/C13H9NO2/c1-2-13(16)10-7-9-5-3-4-6-11(9)14-12(10)8-15/h2-8H,1H2. The van der Waals surface area contributed by atoms with Crippen LogP contribution < -0.4 is 0 Å². The number of carbonyl (C=O) groups is 2. The summed E-state index contributed by atoms with van der Waals surface area (Å²) in [6.07, 6.45) is 1.77. The van der Waals surface area contributed by atoms with Crippen LogP contribution in [0, 0.1) is 0 Å². The fourth-order valence-electron chi connectivity index (χ4n) is 1.53. The van der Waals surface area contributed by atoms with Crippen molar-refractivity contribution in [3.63, 3.8) is 0 Å². The predicted molar refractivity (Wildman–Crippen MR) is 61.7 cm³/mol. The summed E-state index contributed by atoms with van der Waals surface area (Å²) >= 11 is 0. The lowest BCUT2D eigenvalue weighted by Crippen LogP contribution is -2.02. The number of allylic oxidation sites excluding steroid dienone is 1. The molecule has 3 nitrogen and oxygen atoms in total. The normalized spacial score (nSPS) is 10.0. The Labute approximate surface area is 92.4 Å². The summed E-state index contributed by atoms with van der Waals surface area (Å²) in [6.45, 7) is 3.40. The molecule has 1 aromatic heterocycles. The molecule has 0 radical (unpaired) electrons. The molecular formula is C13H9NO2. The molecule has 1 heterocycles. The van der Waals surface area contributed by atoms with E-state index in [1.54, 1.807) is 12.1 Å². The molecule has 2 aromatic rings. The molecule has 0 fully saturated rings. The Morgan fingerprint density at radius 1 is 1.31 bits per heavy atom. The van der Waals surface area contributed by atoms with E-state index in [2.05, 4.69) is 11.6 Å². The van der Waals surface area contributed by atoms with Crippen molar-refractivity contribution in [2.45, 2.75) is 0 Å². The molecule has 0 atom stereocenters. The number of fused-ring (bicyclic) bond motifs is 1. The zero-order chi connectivity index (χ0) is 11.5. The molecule has 0 saturated heterocycles. The molecule has 0 spiro atoms. The largest absolute Gasteiger partial charge is 0.296 e. The smallest absolute Gasteiger partial charge is 0.187 e. The fraction of sp³-hybridized carbons (Fsp3) is 0. The lowest BCUT2D eigenvalue weighted by molar-refractivity contribution is 0.103. The predicted octanol–water partition coefficient (Wildman–Crippen LogP) is 2.42. The molecule has 16 heavy (non-hydrogen) atoms. The molecule has 2 rings (SSSR count). The SMILES string of the molecule is C=CC(=O)c1cc2ccccc2nc1C=O. The first-order chi connectivity index (χ1) is 7.76. The number of pyridine rings is 1. The quantitative estimate of drug-likeness (QED) is 0.445. The van der Waals surface area contributed by atoms with Gasteiger partial charge in [0.1, 0.15) is 5.69 Å². The first-order valence-corrected chi connectivity index (χ1v) is 4.78. The number of rotatable bonds is 3. The maximum absolute atomic E-state index is 11.5. The average molecular weight is 211 g/mol. The van der Waals surface area contributed by atoms with Crippen molar-refractivity contribution >= 4 is 23.0 Å². The second-order valence-corrected chi connectivity index (χ2v) is 3.30. The maximum Gasteiger partial charge on any atom is 0.187 e. The van der Waals surface area contributed by atoms with Crippen LogP contribution in [0.15, 0.2) is 43.0 Å². The maximum atomic E-state index is 11.5. The number of para-hydroxylation sites is 1. The molecule has 0 unspecified atom stereocenters. The second-order valence-electron chi connectivity index (χ2n) is 3.30. The van der Waals surface area contributed by atoms with Crippen molar-refractivity contribution < 1.29 is 9.59 Å². The molecule has 0 N–H and O–H groups in total. The monoisotopic (exact) mass is 211 g/mol. The molecule has 3 heteroatoms. The first-order valence-electron chi connectivity index (χ1n) is 4.78. The number of carbonyl (C=O) groups excluding carboxylic acids is 2. The lowest BCUT2D eigenvalue weighted by atomic mass is 10.1. The van der Waals surface area contributed by atoms with E-state index in [4.69, 9.17) is 0 Å². The fourth-order valence-corrected chi connectivity index (χ4v) is 1.53. The van der Waals surface area contributed by atoms with Crippen LogP contribution in [-0.4, -0.2) is 17.1 Å². The van der Waals surface area contributed by atoms with Gasteiger partial charge in [-0.25, -0.2) is 4.98 Å². The molecule has 0 bridgehead atoms. The van der Waals surface area contributed by atoms with Crippen LogP contribution in [0.3, 0.4) is 0 Å². The van der Waals surface area contributed by atoms with Crippen LogP contribution in [0.1, 0.15) is 20.8 Å². The van der Waals surface area contributed by atoms with E-state index in [0.29, 0.717) is 17.4 Å². The van der Waals surface area contributed by atoms with Crippen LogP contribution in [-0.2, 0) is 0 Å².